The highest BCUT2D eigenvalue weighted by Crippen LogP contribution is 2.07. The normalized spacial score (nSPS) is 10.3. The standard InChI is InChI=1S/C10H8FN2/c1-8-6-7-13(12-8)10-4-2-9(11)3-5-10/h2-6H,1H3. The summed E-state index contributed by atoms with van der Waals surface area (Å²) in [5, 5.41) is 4.15. The van der Waals surface area contributed by atoms with Gasteiger partial charge in [-0.2, -0.15) is 5.10 Å². The fourth-order valence-corrected chi connectivity index (χ4v) is 1.08. The molecule has 0 saturated carbocycles. The molecule has 0 fully saturated rings. The van der Waals surface area contributed by atoms with Crippen LogP contribution < -0.4 is 0 Å². The first-order chi connectivity index (χ1) is 6.25. The summed E-state index contributed by atoms with van der Waals surface area (Å²) in [7, 11) is 0. The van der Waals surface area contributed by atoms with E-state index in [1.54, 1.807) is 22.9 Å². The minimum absolute atomic E-state index is 0.243. The summed E-state index contributed by atoms with van der Waals surface area (Å²) in [4.78, 5) is 0. The van der Waals surface area contributed by atoms with Gasteiger partial charge in [-0.25, -0.2) is 9.07 Å². The van der Waals surface area contributed by atoms with E-state index in [-0.39, 0.29) is 5.82 Å². The number of halogens is 1. The molecule has 1 aromatic carbocycles. The Labute approximate surface area is 75.6 Å². The molecule has 0 saturated heterocycles. The van der Waals surface area contributed by atoms with Crippen LogP contribution in [0.4, 0.5) is 4.39 Å². The molecule has 2 aromatic rings. The van der Waals surface area contributed by atoms with Crippen molar-refractivity contribution in [2.24, 2.45) is 0 Å². The maximum absolute atomic E-state index is 12.6. The number of hydrogen-bond donors (Lipinski definition) is 0. The van der Waals surface area contributed by atoms with E-state index >= 15 is 0 Å². The molecule has 1 heterocycles. The average Bonchev–Trinajstić information content (AvgIpc) is 2.53. The molecule has 0 bridgehead atoms. The van der Waals surface area contributed by atoms with Crippen LogP contribution >= 0.6 is 0 Å². The van der Waals surface area contributed by atoms with Crippen molar-refractivity contribution in [3.8, 4) is 5.69 Å². The number of hydrogen-bond acceptors (Lipinski definition) is 1. The van der Waals surface area contributed by atoms with Gasteiger partial charge in [-0.05, 0) is 37.3 Å². The van der Waals surface area contributed by atoms with Gasteiger partial charge >= 0.3 is 0 Å². The van der Waals surface area contributed by atoms with Crippen molar-refractivity contribution in [3.63, 3.8) is 0 Å². The molecular weight excluding hydrogens is 167 g/mol. The molecular formula is C10H8FN2. The van der Waals surface area contributed by atoms with E-state index in [2.05, 4.69) is 11.3 Å². The molecule has 0 amide bonds. The first-order valence-electron chi connectivity index (χ1n) is 3.96. The molecule has 0 spiro atoms. The lowest BCUT2D eigenvalue weighted by molar-refractivity contribution is 0.627. The average molecular weight is 175 g/mol. The van der Waals surface area contributed by atoms with Crippen LogP contribution in [0.1, 0.15) is 5.69 Å². The lowest BCUT2D eigenvalue weighted by Crippen LogP contribution is -1.94. The number of nitrogens with zero attached hydrogens (tertiary/aromatic N) is 2. The summed E-state index contributed by atoms with van der Waals surface area (Å²) in [6.07, 6.45) is 2.92. The van der Waals surface area contributed by atoms with Crippen molar-refractivity contribution >= 4 is 0 Å². The van der Waals surface area contributed by atoms with E-state index in [1.165, 1.54) is 12.1 Å². The van der Waals surface area contributed by atoms with E-state index in [0.717, 1.165) is 11.4 Å². The predicted molar refractivity (Wildman–Crippen MR) is 47.1 cm³/mol. The zero-order chi connectivity index (χ0) is 9.26. The van der Waals surface area contributed by atoms with Crippen LogP contribution in [0, 0.1) is 18.9 Å². The number of rotatable bonds is 1. The number of aryl methyl sites for hydroxylation is 1. The molecule has 1 radical (unpaired) electrons. The number of benzene rings is 1. The Kier molecular flexibility index (Phi) is 1.85. The molecule has 2 rings (SSSR count). The van der Waals surface area contributed by atoms with Gasteiger partial charge in [0, 0.05) is 0 Å². The summed E-state index contributed by atoms with van der Waals surface area (Å²) in [6.45, 7) is 1.89. The Balaban J connectivity index is 2.41. The molecule has 0 atom stereocenters. The minimum Gasteiger partial charge on any atom is -0.231 e. The summed E-state index contributed by atoms with van der Waals surface area (Å²) in [5.41, 5.74) is 1.71. The zero-order valence-electron chi connectivity index (χ0n) is 7.16. The van der Waals surface area contributed by atoms with E-state index < -0.39 is 0 Å². The Hall–Kier alpha value is -1.64. The lowest BCUT2D eigenvalue weighted by Gasteiger charge is -1.98. The monoisotopic (exact) mass is 175 g/mol. The summed E-state index contributed by atoms with van der Waals surface area (Å²) < 4.78 is 14.2. The van der Waals surface area contributed by atoms with Gasteiger partial charge in [0.1, 0.15) is 5.82 Å². The quantitative estimate of drug-likeness (QED) is 0.649. The van der Waals surface area contributed by atoms with Crippen molar-refractivity contribution in [3.05, 3.63) is 48.0 Å². The highest BCUT2D eigenvalue weighted by Gasteiger charge is 1.97. The smallest absolute Gasteiger partial charge is 0.123 e. The molecule has 0 aliphatic heterocycles. The number of aromatic nitrogens is 2. The fraction of sp³-hybridized carbons (Fsp3) is 0.100. The second kappa shape index (κ2) is 3.01. The molecule has 0 aliphatic rings. The van der Waals surface area contributed by atoms with Gasteiger partial charge in [-0.15, -0.1) is 0 Å². The highest BCUT2D eigenvalue weighted by molar-refractivity contribution is 5.30. The van der Waals surface area contributed by atoms with Crippen LogP contribution in [0.2, 0.25) is 0 Å². The highest BCUT2D eigenvalue weighted by atomic mass is 19.1. The maximum Gasteiger partial charge on any atom is 0.123 e. The third-order valence-corrected chi connectivity index (χ3v) is 1.72. The minimum atomic E-state index is -0.243. The fourth-order valence-electron chi connectivity index (χ4n) is 1.08. The van der Waals surface area contributed by atoms with Gasteiger partial charge < -0.3 is 0 Å². The van der Waals surface area contributed by atoms with Gasteiger partial charge in [0.15, 0.2) is 0 Å². The second-order valence-corrected chi connectivity index (χ2v) is 2.80. The molecule has 3 heteroatoms. The Bertz CT molecular complexity index is 403. The molecule has 0 aliphatic carbocycles. The van der Waals surface area contributed by atoms with E-state index in [9.17, 15) is 4.39 Å². The lowest BCUT2D eigenvalue weighted by atomic mass is 10.3. The van der Waals surface area contributed by atoms with Crippen molar-refractivity contribution < 1.29 is 4.39 Å². The van der Waals surface area contributed by atoms with Crippen LogP contribution in [0.25, 0.3) is 5.69 Å². The van der Waals surface area contributed by atoms with Crippen molar-refractivity contribution in [1.29, 1.82) is 0 Å². The van der Waals surface area contributed by atoms with E-state index in [0.29, 0.717) is 0 Å². The molecule has 0 unspecified atom stereocenters. The van der Waals surface area contributed by atoms with Gasteiger partial charge in [0.2, 0.25) is 0 Å². The Morgan fingerprint density at radius 2 is 2.00 bits per heavy atom. The zero-order valence-corrected chi connectivity index (χ0v) is 7.16. The summed E-state index contributed by atoms with van der Waals surface area (Å²) >= 11 is 0. The van der Waals surface area contributed by atoms with E-state index in [1.807, 2.05) is 6.92 Å². The predicted octanol–water partition coefficient (Wildman–Crippen LogP) is 2.12. The molecule has 65 valence electrons. The van der Waals surface area contributed by atoms with E-state index in [4.69, 9.17) is 0 Å². The first-order valence-corrected chi connectivity index (χ1v) is 3.96. The van der Waals surface area contributed by atoms with Crippen LogP contribution in [0.15, 0.2) is 30.3 Å². The van der Waals surface area contributed by atoms with Gasteiger partial charge in [-0.1, -0.05) is 0 Å². The largest absolute Gasteiger partial charge is 0.231 e. The third-order valence-electron chi connectivity index (χ3n) is 1.72. The van der Waals surface area contributed by atoms with Crippen molar-refractivity contribution in [1.82, 2.24) is 9.78 Å². The second-order valence-electron chi connectivity index (χ2n) is 2.80. The molecule has 13 heavy (non-hydrogen) atoms. The van der Waals surface area contributed by atoms with Crippen molar-refractivity contribution in [2.75, 3.05) is 0 Å². The maximum atomic E-state index is 12.6. The molecule has 0 N–H and O–H groups in total. The summed E-state index contributed by atoms with van der Waals surface area (Å²) in [6, 6.07) is 7.92. The van der Waals surface area contributed by atoms with Gasteiger partial charge in [0.25, 0.3) is 0 Å². The van der Waals surface area contributed by atoms with Crippen LogP contribution in [0.3, 0.4) is 0 Å². The van der Waals surface area contributed by atoms with Gasteiger partial charge in [0.05, 0.1) is 17.6 Å². The van der Waals surface area contributed by atoms with Crippen LogP contribution in [-0.4, -0.2) is 9.78 Å². The van der Waals surface area contributed by atoms with Crippen molar-refractivity contribution in [2.45, 2.75) is 6.92 Å². The first kappa shape index (κ1) is 7.98. The Morgan fingerprint density at radius 3 is 2.54 bits per heavy atom. The van der Waals surface area contributed by atoms with Gasteiger partial charge in [-0.3, -0.25) is 0 Å². The van der Waals surface area contributed by atoms with Crippen LogP contribution in [-0.2, 0) is 0 Å². The molecule has 1 aromatic heterocycles. The summed E-state index contributed by atoms with van der Waals surface area (Å²) in [5.74, 6) is -0.243. The Morgan fingerprint density at radius 1 is 1.31 bits per heavy atom. The SMILES string of the molecule is Cc1c[c]n(-c2ccc(F)cc2)n1. The third kappa shape index (κ3) is 1.59. The van der Waals surface area contributed by atoms with Crippen LogP contribution in [0.5, 0.6) is 0 Å². The molecule has 2 nitrogen and oxygen atoms in total. The topological polar surface area (TPSA) is 17.8 Å².